The highest BCUT2D eigenvalue weighted by atomic mass is 16.7. The molecule has 0 radical (unpaired) electrons. The normalized spacial score (nSPS) is 20.6. The molecule has 0 aliphatic carbocycles. The molecule has 0 aromatic heterocycles. The molecule has 0 fully saturated rings. The summed E-state index contributed by atoms with van der Waals surface area (Å²) in [7, 11) is 0. The molecule has 1 heterocycles. The molecule has 1 aliphatic rings. The number of benzene rings is 2. The Balaban J connectivity index is 1.67. The van der Waals surface area contributed by atoms with Crippen LogP contribution < -0.4 is 0 Å². The van der Waals surface area contributed by atoms with E-state index in [4.69, 9.17) is 18.9 Å². The molecule has 3 atom stereocenters. The summed E-state index contributed by atoms with van der Waals surface area (Å²) < 4.78 is 22.2. The molecule has 2 aromatic rings. The lowest BCUT2D eigenvalue weighted by atomic mass is 10.1. The van der Waals surface area contributed by atoms with Crippen LogP contribution in [0.3, 0.4) is 0 Å². The molecular weight excluding hydrogens is 372 g/mol. The summed E-state index contributed by atoms with van der Waals surface area (Å²) in [5, 5.41) is 0. The molecule has 150 valence electrons. The Morgan fingerprint density at radius 3 is 2.17 bits per heavy atom. The number of ether oxygens (including phenoxy) is 4. The fraction of sp³-hybridized carbons (Fsp3) is 0.217. The van der Waals surface area contributed by atoms with Crippen LogP contribution in [-0.4, -0.2) is 43.7 Å². The standard InChI is InChI=1S/C23H22O6/c1-2-15-26-21-14-13-19(29-23(25)18-11-7-4-8-12-18)20(28-21)16-27-22(24)17-9-5-3-6-10-17/h2-14,19-21H,1,15-16H2/t19-,20+,21?/m0/s1. The van der Waals surface area contributed by atoms with E-state index in [-0.39, 0.29) is 6.61 Å². The van der Waals surface area contributed by atoms with Gasteiger partial charge in [-0.3, -0.25) is 0 Å². The molecule has 0 saturated carbocycles. The molecule has 6 heteroatoms. The third-order valence-electron chi connectivity index (χ3n) is 4.15. The minimum atomic E-state index is -0.727. The maximum atomic E-state index is 12.4. The summed E-state index contributed by atoms with van der Waals surface area (Å²) in [4.78, 5) is 24.7. The Morgan fingerprint density at radius 1 is 0.931 bits per heavy atom. The third-order valence-corrected chi connectivity index (χ3v) is 4.15. The summed E-state index contributed by atoms with van der Waals surface area (Å²) >= 11 is 0. The zero-order valence-corrected chi connectivity index (χ0v) is 15.8. The van der Waals surface area contributed by atoms with Gasteiger partial charge in [0.1, 0.15) is 12.7 Å². The van der Waals surface area contributed by atoms with Gasteiger partial charge in [0.05, 0.1) is 17.7 Å². The first kappa shape index (κ1) is 20.5. The molecule has 29 heavy (non-hydrogen) atoms. The van der Waals surface area contributed by atoms with E-state index in [9.17, 15) is 9.59 Å². The second-order valence-electron chi connectivity index (χ2n) is 6.25. The van der Waals surface area contributed by atoms with Crippen molar-refractivity contribution in [2.45, 2.75) is 18.5 Å². The minimum absolute atomic E-state index is 0.0985. The lowest BCUT2D eigenvalue weighted by Crippen LogP contribution is -2.42. The second-order valence-corrected chi connectivity index (χ2v) is 6.25. The average molecular weight is 394 g/mol. The molecule has 0 bridgehead atoms. The molecule has 0 spiro atoms. The zero-order chi connectivity index (χ0) is 20.5. The van der Waals surface area contributed by atoms with Gasteiger partial charge in [0, 0.05) is 0 Å². The van der Waals surface area contributed by atoms with Crippen molar-refractivity contribution < 1.29 is 28.5 Å². The first-order chi connectivity index (χ1) is 14.2. The number of hydrogen-bond donors (Lipinski definition) is 0. The highest BCUT2D eigenvalue weighted by Gasteiger charge is 2.32. The van der Waals surface area contributed by atoms with Gasteiger partial charge in [-0.25, -0.2) is 9.59 Å². The molecule has 3 rings (SSSR count). The number of esters is 2. The van der Waals surface area contributed by atoms with Gasteiger partial charge in [0.15, 0.2) is 12.4 Å². The van der Waals surface area contributed by atoms with Crippen LogP contribution in [0.5, 0.6) is 0 Å². The van der Waals surface area contributed by atoms with Crippen molar-refractivity contribution in [1.82, 2.24) is 0 Å². The minimum Gasteiger partial charge on any atom is -0.459 e. The van der Waals surface area contributed by atoms with Crippen molar-refractivity contribution >= 4 is 11.9 Å². The van der Waals surface area contributed by atoms with E-state index in [0.717, 1.165) is 0 Å². The number of rotatable bonds is 8. The molecule has 6 nitrogen and oxygen atoms in total. The van der Waals surface area contributed by atoms with Crippen LogP contribution in [0, 0.1) is 0 Å². The zero-order valence-electron chi connectivity index (χ0n) is 15.8. The van der Waals surface area contributed by atoms with Gasteiger partial charge in [-0.05, 0) is 36.4 Å². The van der Waals surface area contributed by atoms with E-state index >= 15 is 0 Å². The van der Waals surface area contributed by atoms with Gasteiger partial charge in [-0.15, -0.1) is 6.58 Å². The van der Waals surface area contributed by atoms with Crippen molar-refractivity contribution in [1.29, 1.82) is 0 Å². The van der Waals surface area contributed by atoms with Crippen LogP contribution in [0.1, 0.15) is 20.7 Å². The molecule has 0 amide bonds. The predicted octanol–water partition coefficient (Wildman–Crippen LogP) is 3.55. The quantitative estimate of drug-likeness (QED) is 0.504. The highest BCUT2D eigenvalue weighted by molar-refractivity contribution is 5.90. The van der Waals surface area contributed by atoms with Gasteiger partial charge in [0.25, 0.3) is 0 Å². The van der Waals surface area contributed by atoms with Crippen LogP contribution >= 0.6 is 0 Å². The fourth-order valence-electron chi connectivity index (χ4n) is 2.71. The first-order valence-electron chi connectivity index (χ1n) is 9.22. The Bertz CT molecular complexity index is 846. The van der Waals surface area contributed by atoms with E-state index in [1.54, 1.807) is 66.8 Å². The highest BCUT2D eigenvalue weighted by Crippen LogP contribution is 2.19. The number of carbonyl (C=O) groups excluding carboxylic acids is 2. The Hall–Kier alpha value is -3.22. The van der Waals surface area contributed by atoms with E-state index in [0.29, 0.717) is 17.7 Å². The van der Waals surface area contributed by atoms with Crippen LogP contribution in [-0.2, 0) is 18.9 Å². The van der Waals surface area contributed by atoms with Crippen LogP contribution in [0.25, 0.3) is 0 Å². The van der Waals surface area contributed by atoms with Gasteiger partial charge in [0.2, 0.25) is 0 Å². The monoisotopic (exact) mass is 394 g/mol. The van der Waals surface area contributed by atoms with Gasteiger partial charge in [-0.2, -0.15) is 0 Å². The van der Waals surface area contributed by atoms with Crippen molar-refractivity contribution in [3.63, 3.8) is 0 Å². The Morgan fingerprint density at radius 2 is 1.55 bits per heavy atom. The number of carbonyl (C=O) groups is 2. The largest absolute Gasteiger partial charge is 0.459 e. The Labute approximate surface area is 169 Å². The van der Waals surface area contributed by atoms with Crippen LogP contribution in [0.4, 0.5) is 0 Å². The summed E-state index contributed by atoms with van der Waals surface area (Å²) in [5.41, 5.74) is 0.849. The fourth-order valence-corrected chi connectivity index (χ4v) is 2.71. The van der Waals surface area contributed by atoms with E-state index in [1.165, 1.54) is 0 Å². The van der Waals surface area contributed by atoms with Crippen molar-refractivity contribution in [3.8, 4) is 0 Å². The summed E-state index contributed by atoms with van der Waals surface area (Å²) in [5.74, 6) is -0.978. The number of hydrogen-bond acceptors (Lipinski definition) is 6. The smallest absolute Gasteiger partial charge is 0.338 e. The third kappa shape index (κ3) is 5.88. The van der Waals surface area contributed by atoms with E-state index in [1.807, 2.05) is 12.1 Å². The summed E-state index contributed by atoms with van der Waals surface area (Å²) in [6.45, 7) is 3.79. The second kappa shape index (κ2) is 10.4. The van der Waals surface area contributed by atoms with Crippen LogP contribution in [0.2, 0.25) is 0 Å². The SMILES string of the molecule is C=CCOC1C=C[C@H](OC(=O)c2ccccc2)[C@@H](COC(=O)c2ccccc2)O1. The predicted molar refractivity (Wildman–Crippen MR) is 106 cm³/mol. The molecule has 1 aliphatic heterocycles. The lowest BCUT2D eigenvalue weighted by molar-refractivity contribution is -0.176. The summed E-state index contributed by atoms with van der Waals surface area (Å²) in [6, 6.07) is 17.3. The van der Waals surface area contributed by atoms with Gasteiger partial charge < -0.3 is 18.9 Å². The molecule has 0 saturated heterocycles. The van der Waals surface area contributed by atoms with Gasteiger partial charge >= 0.3 is 11.9 Å². The summed E-state index contributed by atoms with van der Waals surface area (Å²) in [6.07, 6.45) is 2.84. The van der Waals surface area contributed by atoms with Crippen molar-refractivity contribution in [3.05, 3.63) is 96.6 Å². The molecule has 1 unspecified atom stereocenters. The van der Waals surface area contributed by atoms with Gasteiger partial charge in [-0.1, -0.05) is 42.5 Å². The van der Waals surface area contributed by atoms with Crippen molar-refractivity contribution in [2.24, 2.45) is 0 Å². The van der Waals surface area contributed by atoms with Crippen LogP contribution in [0.15, 0.2) is 85.5 Å². The van der Waals surface area contributed by atoms with E-state index in [2.05, 4.69) is 6.58 Å². The van der Waals surface area contributed by atoms with E-state index < -0.39 is 30.4 Å². The first-order valence-corrected chi connectivity index (χ1v) is 9.22. The average Bonchev–Trinajstić information content (AvgIpc) is 2.78. The lowest BCUT2D eigenvalue weighted by Gasteiger charge is -2.31. The molecule has 0 N–H and O–H groups in total. The molecule has 2 aromatic carbocycles. The Kier molecular flexibility index (Phi) is 7.33. The maximum Gasteiger partial charge on any atom is 0.338 e. The maximum absolute atomic E-state index is 12.4. The topological polar surface area (TPSA) is 71.1 Å². The molecular formula is C23H22O6. The van der Waals surface area contributed by atoms with Crippen molar-refractivity contribution in [2.75, 3.05) is 13.2 Å².